The molecule has 2 rings (SSSR count). The van der Waals surface area contributed by atoms with Gasteiger partial charge in [0.1, 0.15) is 0 Å². The van der Waals surface area contributed by atoms with E-state index in [9.17, 15) is 9.59 Å². The molecule has 2 amide bonds. The van der Waals surface area contributed by atoms with Crippen LogP contribution in [0.2, 0.25) is 0 Å². The second-order valence-electron chi connectivity index (χ2n) is 4.57. The van der Waals surface area contributed by atoms with Crippen molar-refractivity contribution in [1.82, 2.24) is 4.90 Å². The minimum Gasteiger partial charge on any atom is -0.481 e. The number of urea groups is 1. The Morgan fingerprint density at radius 3 is 2.42 bits per heavy atom. The fraction of sp³-hybridized carbons (Fsp3) is 0.385. The van der Waals surface area contributed by atoms with Gasteiger partial charge in [-0.05, 0) is 17.7 Å². The Bertz CT molecular complexity index is 486. The minimum absolute atomic E-state index is 0.0404. The van der Waals surface area contributed by atoms with Crippen molar-refractivity contribution in [2.75, 3.05) is 31.6 Å². The second kappa shape index (κ2) is 5.27. The van der Waals surface area contributed by atoms with Crippen LogP contribution in [-0.2, 0) is 4.79 Å². The zero-order chi connectivity index (χ0) is 14.0. The highest BCUT2D eigenvalue weighted by Gasteiger charge is 2.26. The first-order valence-electron chi connectivity index (χ1n) is 6.10. The van der Waals surface area contributed by atoms with Crippen LogP contribution in [0, 0.1) is 0 Å². The molecular weight excluding hydrogens is 246 g/mol. The number of carboxylic acids is 1. The molecule has 0 saturated carbocycles. The van der Waals surface area contributed by atoms with Gasteiger partial charge in [-0.3, -0.25) is 9.69 Å². The molecular formula is C13H17N3O3. The van der Waals surface area contributed by atoms with Crippen LogP contribution in [0.5, 0.6) is 0 Å². The van der Waals surface area contributed by atoms with Crippen LogP contribution >= 0.6 is 0 Å². The first-order chi connectivity index (χ1) is 9.04. The fourth-order valence-electron chi connectivity index (χ4n) is 2.15. The molecule has 0 aliphatic carbocycles. The molecule has 0 bridgehead atoms. The number of amides is 2. The van der Waals surface area contributed by atoms with Gasteiger partial charge in [-0.2, -0.15) is 0 Å². The van der Waals surface area contributed by atoms with Gasteiger partial charge >= 0.3 is 12.0 Å². The fourth-order valence-corrected chi connectivity index (χ4v) is 2.15. The molecule has 3 N–H and O–H groups in total. The highest BCUT2D eigenvalue weighted by atomic mass is 16.4. The number of nitrogens with zero attached hydrogens (tertiary/aromatic N) is 2. The van der Waals surface area contributed by atoms with Crippen LogP contribution in [0.15, 0.2) is 24.3 Å². The topological polar surface area (TPSA) is 86.9 Å². The van der Waals surface area contributed by atoms with Crippen molar-refractivity contribution in [3.8, 4) is 0 Å². The van der Waals surface area contributed by atoms with Crippen molar-refractivity contribution in [1.29, 1.82) is 0 Å². The van der Waals surface area contributed by atoms with Crippen LogP contribution in [0.3, 0.4) is 0 Å². The number of carboxylic acid groups (broad SMARTS) is 1. The highest BCUT2D eigenvalue weighted by molar-refractivity contribution is 5.94. The second-order valence-corrected chi connectivity index (χ2v) is 4.57. The van der Waals surface area contributed by atoms with Gasteiger partial charge in [0.25, 0.3) is 0 Å². The molecule has 0 spiro atoms. The maximum atomic E-state index is 11.8. The molecule has 1 saturated heterocycles. The van der Waals surface area contributed by atoms with E-state index < -0.39 is 11.9 Å². The number of carbonyl (C=O) groups excluding carboxylic acids is 1. The summed E-state index contributed by atoms with van der Waals surface area (Å²) in [6, 6.07) is 6.91. The Morgan fingerprint density at radius 2 is 2.00 bits per heavy atom. The minimum atomic E-state index is -0.938. The van der Waals surface area contributed by atoms with Gasteiger partial charge in [0.2, 0.25) is 0 Å². The Kier molecular flexibility index (Phi) is 3.71. The summed E-state index contributed by atoms with van der Waals surface area (Å²) in [5.41, 5.74) is 6.88. The van der Waals surface area contributed by atoms with Gasteiger partial charge in [0.05, 0.1) is 5.92 Å². The smallest absolute Gasteiger partial charge is 0.324 e. The maximum absolute atomic E-state index is 11.8. The van der Waals surface area contributed by atoms with E-state index in [2.05, 4.69) is 0 Å². The highest BCUT2D eigenvalue weighted by Crippen LogP contribution is 2.23. The van der Waals surface area contributed by atoms with Crippen molar-refractivity contribution >= 4 is 17.7 Å². The summed E-state index contributed by atoms with van der Waals surface area (Å²) in [7, 11) is 1.76. The number of rotatable bonds is 4. The summed E-state index contributed by atoms with van der Waals surface area (Å²) in [6.07, 6.45) is 0. The van der Waals surface area contributed by atoms with Crippen molar-refractivity contribution in [2.24, 2.45) is 5.73 Å². The predicted octanol–water partition coefficient (Wildman–Crippen LogP) is 0.685. The van der Waals surface area contributed by atoms with Crippen LogP contribution in [0.4, 0.5) is 10.5 Å². The summed E-state index contributed by atoms with van der Waals surface area (Å²) >= 11 is 0. The molecule has 1 atom stereocenters. The van der Waals surface area contributed by atoms with Gasteiger partial charge in [-0.1, -0.05) is 12.1 Å². The van der Waals surface area contributed by atoms with E-state index in [0.717, 1.165) is 5.69 Å². The molecule has 6 nitrogen and oxygen atoms in total. The van der Waals surface area contributed by atoms with E-state index >= 15 is 0 Å². The number of carbonyl (C=O) groups is 2. The molecule has 19 heavy (non-hydrogen) atoms. The number of likely N-dealkylation sites (N-methyl/N-ethyl adjacent to an activating group) is 1. The molecule has 1 aromatic rings. The van der Waals surface area contributed by atoms with Crippen molar-refractivity contribution in [2.45, 2.75) is 5.92 Å². The SMILES string of the molecule is CN1CCN(c2ccc(C(CN)C(=O)O)cc2)C1=O. The van der Waals surface area contributed by atoms with E-state index in [1.165, 1.54) is 0 Å². The lowest BCUT2D eigenvalue weighted by Gasteiger charge is -2.17. The molecule has 1 aliphatic heterocycles. The van der Waals surface area contributed by atoms with Gasteiger partial charge in [-0.25, -0.2) is 4.79 Å². The normalized spacial score (nSPS) is 16.8. The molecule has 1 fully saturated rings. The molecule has 1 aliphatic rings. The van der Waals surface area contributed by atoms with Crippen molar-refractivity contribution < 1.29 is 14.7 Å². The average molecular weight is 263 g/mol. The summed E-state index contributed by atoms with van der Waals surface area (Å²) < 4.78 is 0. The average Bonchev–Trinajstić information content (AvgIpc) is 2.72. The van der Waals surface area contributed by atoms with Crippen molar-refractivity contribution in [3.63, 3.8) is 0 Å². The largest absolute Gasteiger partial charge is 0.481 e. The molecule has 102 valence electrons. The van der Waals surface area contributed by atoms with Gasteiger partial charge in [-0.15, -0.1) is 0 Å². The molecule has 1 unspecified atom stereocenters. The van der Waals surface area contributed by atoms with Gasteiger partial charge in [0, 0.05) is 32.4 Å². The standard InChI is InChI=1S/C13H17N3O3/c1-15-6-7-16(13(15)19)10-4-2-9(3-5-10)11(8-14)12(17)18/h2-5,11H,6-8,14H2,1H3,(H,17,18). The first kappa shape index (κ1) is 13.4. The van der Waals surface area contributed by atoms with E-state index in [4.69, 9.17) is 10.8 Å². The predicted molar refractivity (Wildman–Crippen MR) is 71.2 cm³/mol. The number of benzene rings is 1. The zero-order valence-electron chi connectivity index (χ0n) is 10.7. The van der Waals surface area contributed by atoms with Crippen LogP contribution in [-0.4, -0.2) is 48.7 Å². The van der Waals surface area contributed by atoms with Crippen LogP contribution in [0.1, 0.15) is 11.5 Å². The van der Waals surface area contributed by atoms with Gasteiger partial charge < -0.3 is 15.7 Å². The summed E-state index contributed by atoms with van der Waals surface area (Å²) in [5.74, 6) is -1.64. The molecule has 0 radical (unpaired) electrons. The lowest BCUT2D eigenvalue weighted by Crippen LogP contribution is -2.29. The third-order valence-electron chi connectivity index (χ3n) is 3.36. The van der Waals surface area contributed by atoms with Crippen molar-refractivity contribution in [3.05, 3.63) is 29.8 Å². The van der Waals surface area contributed by atoms with E-state index in [0.29, 0.717) is 18.7 Å². The maximum Gasteiger partial charge on any atom is 0.324 e. The lowest BCUT2D eigenvalue weighted by molar-refractivity contribution is -0.138. The summed E-state index contributed by atoms with van der Waals surface area (Å²) in [6.45, 7) is 1.40. The number of nitrogens with two attached hydrogens (primary N) is 1. The molecule has 1 aromatic carbocycles. The monoisotopic (exact) mass is 263 g/mol. The third-order valence-corrected chi connectivity index (χ3v) is 3.36. The van der Waals surface area contributed by atoms with Gasteiger partial charge in [0.15, 0.2) is 0 Å². The first-order valence-corrected chi connectivity index (χ1v) is 6.10. The number of anilines is 1. The molecule has 0 aromatic heterocycles. The third kappa shape index (κ3) is 2.53. The Hall–Kier alpha value is -2.08. The zero-order valence-corrected chi connectivity index (χ0v) is 10.7. The van der Waals surface area contributed by atoms with E-state index in [1.54, 1.807) is 41.1 Å². The summed E-state index contributed by atoms with van der Waals surface area (Å²) in [5, 5.41) is 9.03. The number of hydrogen-bond acceptors (Lipinski definition) is 3. The number of aliphatic carboxylic acids is 1. The molecule has 6 heteroatoms. The Morgan fingerprint density at radius 1 is 1.37 bits per heavy atom. The molecule has 1 heterocycles. The summed E-state index contributed by atoms with van der Waals surface area (Å²) in [4.78, 5) is 26.2. The quantitative estimate of drug-likeness (QED) is 0.836. The lowest BCUT2D eigenvalue weighted by atomic mass is 9.99. The number of hydrogen-bond donors (Lipinski definition) is 2. The van der Waals surface area contributed by atoms with E-state index in [-0.39, 0.29) is 12.6 Å². The van der Waals surface area contributed by atoms with Crippen LogP contribution in [0.25, 0.3) is 0 Å². The van der Waals surface area contributed by atoms with Crippen LogP contribution < -0.4 is 10.6 Å². The Balaban J connectivity index is 2.19. The van der Waals surface area contributed by atoms with E-state index in [1.807, 2.05) is 0 Å². The Labute approximate surface area is 111 Å².